The van der Waals surface area contributed by atoms with E-state index in [9.17, 15) is 9.59 Å². The van der Waals surface area contributed by atoms with Crippen LogP contribution in [-0.4, -0.2) is 26.3 Å². The lowest BCUT2D eigenvalue weighted by molar-refractivity contribution is 0.0691. The van der Waals surface area contributed by atoms with Crippen molar-refractivity contribution in [1.29, 1.82) is 0 Å². The molecule has 6 heteroatoms. The third-order valence-corrected chi connectivity index (χ3v) is 1.88. The highest BCUT2D eigenvalue weighted by Gasteiger charge is 2.17. The van der Waals surface area contributed by atoms with E-state index in [1.165, 1.54) is 0 Å². The average Bonchev–Trinajstić information content (AvgIpc) is 2.71. The van der Waals surface area contributed by atoms with E-state index >= 15 is 0 Å². The van der Waals surface area contributed by atoms with Crippen LogP contribution in [0.4, 0.5) is 0 Å². The fourth-order valence-electron chi connectivity index (χ4n) is 1.27. The van der Waals surface area contributed by atoms with Crippen molar-refractivity contribution in [3.05, 3.63) is 34.5 Å². The minimum atomic E-state index is -1.17. The van der Waals surface area contributed by atoms with Gasteiger partial charge >= 0.3 is 5.97 Å². The number of carboxylic acids is 1. The van der Waals surface area contributed by atoms with Crippen molar-refractivity contribution in [3.63, 3.8) is 0 Å². The second-order valence-electron chi connectivity index (χ2n) is 2.73. The van der Waals surface area contributed by atoms with Crippen LogP contribution in [0.1, 0.15) is 10.5 Å². The van der Waals surface area contributed by atoms with E-state index in [-0.39, 0.29) is 11.3 Å². The molecular formula is C8H7N3O3. The predicted molar refractivity (Wildman–Crippen MR) is 48.2 cm³/mol. The second kappa shape index (κ2) is 2.91. The standard InChI is InChI=1S/C8H7N3O3/c12-7-5(4-1-2-9-3-4)6(8(13)14)10-11-7/h1-3,9H,(H,13,14)(H2,10,11,12). The number of carboxylic acid groups (broad SMARTS) is 1. The van der Waals surface area contributed by atoms with Gasteiger partial charge in [-0.1, -0.05) is 0 Å². The normalized spacial score (nSPS) is 10.3. The Bertz CT molecular complexity index is 506. The van der Waals surface area contributed by atoms with E-state index in [1.54, 1.807) is 18.5 Å². The molecule has 4 N–H and O–H groups in total. The van der Waals surface area contributed by atoms with Gasteiger partial charge in [-0.15, -0.1) is 0 Å². The molecule has 2 aromatic heterocycles. The predicted octanol–water partition coefficient (Wildman–Crippen LogP) is 0.396. The van der Waals surface area contributed by atoms with Gasteiger partial charge in [0.25, 0.3) is 5.56 Å². The van der Waals surface area contributed by atoms with Gasteiger partial charge < -0.3 is 10.1 Å². The maximum absolute atomic E-state index is 11.3. The Morgan fingerprint density at radius 1 is 1.36 bits per heavy atom. The number of nitrogens with one attached hydrogen (secondary N) is 3. The lowest BCUT2D eigenvalue weighted by Gasteiger charge is -1.92. The van der Waals surface area contributed by atoms with Crippen molar-refractivity contribution in [2.75, 3.05) is 0 Å². The van der Waals surface area contributed by atoms with Crippen LogP contribution in [0.25, 0.3) is 11.1 Å². The van der Waals surface area contributed by atoms with Crippen LogP contribution in [0.3, 0.4) is 0 Å². The zero-order chi connectivity index (χ0) is 10.1. The molecule has 2 heterocycles. The quantitative estimate of drug-likeness (QED) is 0.555. The van der Waals surface area contributed by atoms with E-state index in [1.807, 2.05) is 0 Å². The molecule has 0 aliphatic heterocycles. The SMILES string of the molecule is O=C(O)c1[nH][nH]c(=O)c1-c1cc[nH]c1. The van der Waals surface area contributed by atoms with E-state index < -0.39 is 11.5 Å². The third-order valence-electron chi connectivity index (χ3n) is 1.88. The van der Waals surface area contributed by atoms with Crippen LogP contribution in [0.2, 0.25) is 0 Å². The maximum atomic E-state index is 11.3. The molecule has 0 aliphatic carbocycles. The van der Waals surface area contributed by atoms with Crippen LogP contribution >= 0.6 is 0 Å². The maximum Gasteiger partial charge on any atom is 0.354 e. The van der Waals surface area contributed by atoms with Crippen LogP contribution in [-0.2, 0) is 0 Å². The molecule has 2 aromatic rings. The first kappa shape index (κ1) is 8.36. The summed E-state index contributed by atoms with van der Waals surface area (Å²) in [6.07, 6.45) is 3.18. The van der Waals surface area contributed by atoms with Gasteiger partial charge in [-0.2, -0.15) is 0 Å². The summed E-state index contributed by atoms with van der Waals surface area (Å²) in [5.74, 6) is -1.17. The van der Waals surface area contributed by atoms with Crippen LogP contribution in [0.15, 0.2) is 23.3 Å². The molecule has 0 amide bonds. The Kier molecular flexibility index (Phi) is 1.74. The summed E-state index contributed by atoms with van der Waals surface area (Å²) in [4.78, 5) is 24.8. The first-order chi connectivity index (χ1) is 6.70. The van der Waals surface area contributed by atoms with E-state index in [2.05, 4.69) is 15.2 Å². The van der Waals surface area contributed by atoms with Gasteiger partial charge in [-0.3, -0.25) is 15.0 Å². The molecule has 6 nitrogen and oxygen atoms in total. The summed E-state index contributed by atoms with van der Waals surface area (Å²) in [6, 6.07) is 1.63. The Hall–Kier alpha value is -2.24. The smallest absolute Gasteiger partial charge is 0.354 e. The molecule has 72 valence electrons. The molecule has 0 fully saturated rings. The number of aromatic carboxylic acids is 1. The number of carbonyl (C=O) groups is 1. The number of aromatic nitrogens is 3. The Labute approximate surface area is 77.6 Å². The number of hydrogen-bond acceptors (Lipinski definition) is 2. The molecule has 0 bridgehead atoms. The molecular weight excluding hydrogens is 186 g/mol. The van der Waals surface area contributed by atoms with Gasteiger partial charge in [-0.25, -0.2) is 4.79 Å². The highest BCUT2D eigenvalue weighted by Crippen LogP contribution is 2.17. The fourth-order valence-corrected chi connectivity index (χ4v) is 1.27. The van der Waals surface area contributed by atoms with Crippen molar-refractivity contribution < 1.29 is 9.90 Å². The van der Waals surface area contributed by atoms with Gasteiger partial charge in [0.2, 0.25) is 0 Å². The zero-order valence-corrected chi connectivity index (χ0v) is 7.00. The molecule has 0 saturated carbocycles. The first-order valence-corrected chi connectivity index (χ1v) is 3.87. The monoisotopic (exact) mass is 193 g/mol. The molecule has 0 atom stereocenters. The summed E-state index contributed by atoms with van der Waals surface area (Å²) in [5.41, 5.74) is 0.111. The summed E-state index contributed by atoms with van der Waals surface area (Å²) < 4.78 is 0. The number of rotatable bonds is 2. The first-order valence-electron chi connectivity index (χ1n) is 3.87. The van der Waals surface area contributed by atoms with Crippen molar-refractivity contribution in [2.45, 2.75) is 0 Å². The number of aromatic amines is 3. The highest BCUT2D eigenvalue weighted by atomic mass is 16.4. The van der Waals surface area contributed by atoms with Gasteiger partial charge in [-0.05, 0) is 6.07 Å². The van der Waals surface area contributed by atoms with Crippen LogP contribution in [0, 0.1) is 0 Å². The molecule has 0 aromatic carbocycles. The van der Waals surface area contributed by atoms with Gasteiger partial charge in [0.1, 0.15) is 0 Å². The topological polar surface area (TPSA) is 102 Å². The van der Waals surface area contributed by atoms with Crippen molar-refractivity contribution in [2.24, 2.45) is 0 Å². The van der Waals surface area contributed by atoms with E-state index in [0.29, 0.717) is 5.56 Å². The van der Waals surface area contributed by atoms with Gasteiger partial charge in [0, 0.05) is 18.0 Å². The zero-order valence-electron chi connectivity index (χ0n) is 7.00. The van der Waals surface area contributed by atoms with E-state index in [0.717, 1.165) is 0 Å². The molecule has 0 aliphatic rings. The van der Waals surface area contributed by atoms with E-state index in [4.69, 9.17) is 5.11 Å². The second-order valence-corrected chi connectivity index (χ2v) is 2.73. The number of hydrogen-bond donors (Lipinski definition) is 4. The molecule has 0 radical (unpaired) electrons. The Balaban J connectivity index is 2.68. The Morgan fingerprint density at radius 2 is 2.14 bits per heavy atom. The van der Waals surface area contributed by atoms with Crippen LogP contribution < -0.4 is 5.56 Å². The summed E-state index contributed by atoms with van der Waals surface area (Å²) >= 11 is 0. The molecule has 0 unspecified atom stereocenters. The molecule has 0 saturated heterocycles. The largest absolute Gasteiger partial charge is 0.477 e. The van der Waals surface area contributed by atoms with Crippen molar-refractivity contribution in [3.8, 4) is 11.1 Å². The molecule has 0 spiro atoms. The fraction of sp³-hybridized carbons (Fsp3) is 0. The summed E-state index contributed by atoms with van der Waals surface area (Å²) in [7, 11) is 0. The highest BCUT2D eigenvalue weighted by molar-refractivity contribution is 5.93. The molecule has 14 heavy (non-hydrogen) atoms. The third kappa shape index (κ3) is 1.13. The van der Waals surface area contributed by atoms with Gasteiger partial charge in [0.05, 0.1) is 5.56 Å². The summed E-state index contributed by atoms with van der Waals surface area (Å²) in [6.45, 7) is 0. The minimum Gasteiger partial charge on any atom is -0.477 e. The Morgan fingerprint density at radius 3 is 2.71 bits per heavy atom. The number of H-pyrrole nitrogens is 3. The van der Waals surface area contributed by atoms with Crippen molar-refractivity contribution in [1.82, 2.24) is 15.2 Å². The van der Waals surface area contributed by atoms with Gasteiger partial charge in [0.15, 0.2) is 5.69 Å². The van der Waals surface area contributed by atoms with Crippen LogP contribution in [0.5, 0.6) is 0 Å². The lowest BCUT2D eigenvalue weighted by Crippen LogP contribution is -2.04. The lowest BCUT2D eigenvalue weighted by atomic mass is 10.1. The average molecular weight is 193 g/mol. The minimum absolute atomic E-state index is 0.130. The summed E-state index contributed by atoms with van der Waals surface area (Å²) in [5, 5.41) is 13.3. The molecule has 2 rings (SSSR count). The van der Waals surface area contributed by atoms with Crippen molar-refractivity contribution >= 4 is 5.97 Å².